The van der Waals surface area contributed by atoms with E-state index in [0.717, 1.165) is 25.1 Å². The van der Waals surface area contributed by atoms with Gasteiger partial charge in [0, 0.05) is 30.4 Å². The molecule has 1 fully saturated rings. The van der Waals surface area contributed by atoms with Gasteiger partial charge in [0.2, 0.25) is 11.8 Å². The third kappa shape index (κ3) is 4.41. The van der Waals surface area contributed by atoms with Gasteiger partial charge in [-0.05, 0) is 37.6 Å². The Morgan fingerprint density at radius 2 is 2.27 bits per heavy atom. The van der Waals surface area contributed by atoms with Crippen LogP contribution in [0.3, 0.4) is 0 Å². The molecule has 1 aromatic carbocycles. The Labute approximate surface area is 161 Å². The lowest BCUT2D eigenvalue weighted by atomic mass is 9.97. The van der Waals surface area contributed by atoms with Gasteiger partial charge in [0.1, 0.15) is 0 Å². The molecule has 0 spiro atoms. The largest absolute Gasteiger partial charge is 0.369 e. The minimum Gasteiger partial charge on any atom is -0.369 e. The van der Waals surface area contributed by atoms with Crippen LogP contribution in [0, 0.1) is 5.92 Å². The molecule has 1 saturated heterocycles. The highest BCUT2D eigenvalue weighted by atomic mass is 35.5. The number of aromatic nitrogens is 1. The standard InChI is InChI=1S/C18H21ClN4O2S/c1-12(24)23(16-6-2-5-14(19)8-16)18-21-15(11-26-18)10-22-7-3-4-13(9-22)17(20)25/h2,5-6,8,11,13H,3-4,7,9-10H2,1H3,(H2,20,25)/t13-/m0/s1. The Bertz CT molecular complexity index is 810. The molecule has 0 bridgehead atoms. The summed E-state index contributed by atoms with van der Waals surface area (Å²) >= 11 is 7.47. The summed E-state index contributed by atoms with van der Waals surface area (Å²) in [6.07, 6.45) is 1.80. The maximum Gasteiger partial charge on any atom is 0.230 e. The van der Waals surface area contributed by atoms with Gasteiger partial charge in [-0.3, -0.25) is 19.4 Å². The van der Waals surface area contributed by atoms with Crippen molar-refractivity contribution in [1.82, 2.24) is 9.88 Å². The predicted molar refractivity (Wildman–Crippen MR) is 104 cm³/mol. The van der Waals surface area contributed by atoms with E-state index in [1.807, 2.05) is 11.4 Å². The van der Waals surface area contributed by atoms with Crippen LogP contribution in [0.5, 0.6) is 0 Å². The average Bonchev–Trinajstić information content (AvgIpc) is 3.03. The number of carbonyl (C=O) groups excluding carboxylic acids is 2. The van der Waals surface area contributed by atoms with Crippen LogP contribution in [0.2, 0.25) is 5.02 Å². The number of nitrogens with zero attached hydrogens (tertiary/aromatic N) is 3. The Morgan fingerprint density at radius 3 is 2.96 bits per heavy atom. The fraction of sp³-hybridized carbons (Fsp3) is 0.389. The molecule has 2 aromatic rings. The summed E-state index contributed by atoms with van der Waals surface area (Å²) in [5, 5.41) is 3.12. The number of hydrogen-bond donors (Lipinski definition) is 1. The van der Waals surface area contributed by atoms with Crippen LogP contribution in [0.1, 0.15) is 25.5 Å². The van der Waals surface area contributed by atoms with Crippen molar-refractivity contribution in [3.05, 3.63) is 40.4 Å². The average molecular weight is 393 g/mol. The Morgan fingerprint density at radius 1 is 1.46 bits per heavy atom. The molecule has 1 atom stereocenters. The van der Waals surface area contributed by atoms with E-state index in [9.17, 15) is 9.59 Å². The second-order valence-electron chi connectivity index (χ2n) is 6.43. The quantitative estimate of drug-likeness (QED) is 0.847. The first-order valence-corrected chi connectivity index (χ1v) is 9.72. The molecule has 2 heterocycles. The van der Waals surface area contributed by atoms with E-state index in [2.05, 4.69) is 9.88 Å². The number of halogens is 1. The number of anilines is 2. The van der Waals surface area contributed by atoms with Crippen molar-refractivity contribution < 1.29 is 9.59 Å². The summed E-state index contributed by atoms with van der Waals surface area (Å²) in [6.45, 7) is 3.72. The van der Waals surface area contributed by atoms with E-state index in [1.54, 1.807) is 23.1 Å². The van der Waals surface area contributed by atoms with Crippen LogP contribution in [0.4, 0.5) is 10.8 Å². The van der Waals surface area contributed by atoms with Crippen molar-refractivity contribution in [3.63, 3.8) is 0 Å². The molecule has 0 aliphatic carbocycles. The molecule has 0 saturated carbocycles. The zero-order valence-electron chi connectivity index (χ0n) is 14.5. The van der Waals surface area contributed by atoms with Crippen molar-refractivity contribution in [2.75, 3.05) is 18.0 Å². The summed E-state index contributed by atoms with van der Waals surface area (Å²) in [6, 6.07) is 7.14. The van der Waals surface area contributed by atoms with Crippen LogP contribution < -0.4 is 10.6 Å². The van der Waals surface area contributed by atoms with Crippen LogP contribution in [-0.2, 0) is 16.1 Å². The van der Waals surface area contributed by atoms with E-state index in [-0.39, 0.29) is 17.7 Å². The topological polar surface area (TPSA) is 79.5 Å². The molecule has 0 radical (unpaired) electrons. The molecule has 1 aliphatic rings. The zero-order chi connectivity index (χ0) is 18.7. The van der Waals surface area contributed by atoms with Crippen molar-refractivity contribution in [2.45, 2.75) is 26.3 Å². The lowest BCUT2D eigenvalue weighted by molar-refractivity contribution is -0.123. The summed E-state index contributed by atoms with van der Waals surface area (Å²) in [4.78, 5) is 32.0. The predicted octanol–water partition coefficient (Wildman–Crippen LogP) is 3.18. The Balaban J connectivity index is 1.75. The second kappa shape index (κ2) is 8.16. The minimum atomic E-state index is -0.239. The van der Waals surface area contributed by atoms with Gasteiger partial charge in [-0.15, -0.1) is 11.3 Å². The highest BCUT2D eigenvalue weighted by molar-refractivity contribution is 7.14. The first-order valence-electron chi connectivity index (χ1n) is 8.46. The maximum absolute atomic E-state index is 12.2. The molecule has 3 rings (SSSR count). The number of thiazole rings is 1. The smallest absolute Gasteiger partial charge is 0.230 e. The van der Waals surface area contributed by atoms with Crippen LogP contribution in [-0.4, -0.2) is 34.8 Å². The number of carbonyl (C=O) groups is 2. The first-order chi connectivity index (χ1) is 12.4. The van der Waals surface area contributed by atoms with E-state index in [4.69, 9.17) is 17.3 Å². The third-order valence-corrected chi connectivity index (χ3v) is 5.52. The van der Waals surface area contributed by atoms with Gasteiger partial charge in [0.05, 0.1) is 17.3 Å². The van der Waals surface area contributed by atoms with Gasteiger partial charge in [0.25, 0.3) is 0 Å². The summed E-state index contributed by atoms with van der Waals surface area (Å²) in [7, 11) is 0. The van der Waals surface area contributed by atoms with E-state index in [0.29, 0.717) is 28.9 Å². The van der Waals surface area contributed by atoms with Crippen molar-refractivity contribution in [2.24, 2.45) is 11.7 Å². The molecular weight excluding hydrogens is 372 g/mol. The van der Waals surface area contributed by atoms with Gasteiger partial charge >= 0.3 is 0 Å². The number of nitrogens with two attached hydrogens (primary N) is 1. The Kier molecular flexibility index (Phi) is 5.90. The number of amides is 2. The number of primary amides is 1. The van der Waals surface area contributed by atoms with E-state index >= 15 is 0 Å². The molecule has 26 heavy (non-hydrogen) atoms. The summed E-state index contributed by atoms with van der Waals surface area (Å²) in [5.41, 5.74) is 7.01. The maximum atomic E-state index is 12.2. The highest BCUT2D eigenvalue weighted by Crippen LogP contribution is 2.31. The van der Waals surface area contributed by atoms with E-state index < -0.39 is 0 Å². The van der Waals surface area contributed by atoms with Crippen LogP contribution in [0.25, 0.3) is 0 Å². The van der Waals surface area contributed by atoms with E-state index in [1.165, 1.54) is 18.3 Å². The van der Waals surface area contributed by atoms with Crippen molar-refractivity contribution >= 4 is 45.6 Å². The molecule has 138 valence electrons. The van der Waals surface area contributed by atoms with Gasteiger partial charge in [-0.1, -0.05) is 17.7 Å². The van der Waals surface area contributed by atoms with Crippen molar-refractivity contribution in [1.29, 1.82) is 0 Å². The normalized spacial score (nSPS) is 17.8. The van der Waals surface area contributed by atoms with Crippen molar-refractivity contribution in [3.8, 4) is 0 Å². The molecule has 1 aliphatic heterocycles. The third-order valence-electron chi connectivity index (χ3n) is 4.41. The van der Waals surface area contributed by atoms with Gasteiger partial charge in [0.15, 0.2) is 5.13 Å². The van der Waals surface area contributed by atoms with Gasteiger partial charge < -0.3 is 5.73 Å². The Hall–Kier alpha value is -1.96. The molecule has 2 amide bonds. The molecule has 6 nitrogen and oxygen atoms in total. The fourth-order valence-corrected chi connectivity index (χ4v) is 4.24. The molecule has 8 heteroatoms. The summed E-state index contributed by atoms with van der Waals surface area (Å²) < 4.78 is 0. The summed E-state index contributed by atoms with van der Waals surface area (Å²) in [5.74, 6) is -0.459. The monoisotopic (exact) mass is 392 g/mol. The number of hydrogen-bond acceptors (Lipinski definition) is 5. The molecule has 2 N–H and O–H groups in total. The number of rotatable bonds is 5. The molecular formula is C18H21ClN4O2S. The number of piperidine rings is 1. The first kappa shape index (κ1) is 18.8. The molecule has 0 unspecified atom stereocenters. The minimum absolute atomic E-state index is 0.0953. The second-order valence-corrected chi connectivity index (χ2v) is 7.71. The number of likely N-dealkylation sites (tertiary alicyclic amines) is 1. The van der Waals surface area contributed by atoms with Crippen LogP contribution >= 0.6 is 22.9 Å². The van der Waals surface area contributed by atoms with Gasteiger partial charge in [-0.2, -0.15) is 0 Å². The highest BCUT2D eigenvalue weighted by Gasteiger charge is 2.25. The number of benzene rings is 1. The lowest BCUT2D eigenvalue weighted by Gasteiger charge is -2.30. The lowest BCUT2D eigenvalue weighted by Crippen LogP contribution is -2.40. The SMILES string of the molecule is CC(=O)N(c1cccc(Cl)c1)c1nc(CN2CCC[C@H](C(N)=O)C2)cs1. The molecule has 1 aromatic heterocycles. The zero-order valence-corrected chi connectivity index (χ0v) is 16.1. The fourth-order valence-electron chi connectivity index (χ4n) is 3.17. The van der Waals surface area contributed by atoms with Gasteiger partial charge in [-0.25, -0.2) is 4.98 Å². The van der Waals surface area contributed by atoms with Crippen LogP contribution in [0.15, 0.2) is 29.6 Å².